The van der Waals surface area contributed by atoms with E-state index in [-0.39, 0.29) is 24.1 Å². The van der Waals surface area contributed by atoms with Crippen LogP contribution >= 0.6 is 11.6 Å². The summed E-state index contributed by atoms with van der Waals surface area (Å²) in [6.45, 7) is 1.77. The third kappa shape index (κ3) is 3.33. The largest absolute Gasteiger partial charge is 0.321 e. The van der Waals surface area contributed by atoms with Crippen molar-refractivity contribution >= 4 is 16.8 Å². The van der Waals surface area contributed by atoms with Gasteiger partial charge in [-0.2, -0.15) is 0 Å². The molecular formula is C15H13ClFNO2. The maximum atomic E-state index is 13.3. The number of halogens is 2. The molecule has 0 spiro atoms. The second kappa shape index (κ2) is 6.01. The normalized spacial score (nSPS) is 10.6. The van der Waals surface area contributed by atoms with E-state index in [1.54, 1.807) is 29.8 Å². The molecule has 3 nitrogen and oxygen atoms in total. The van der Waals surface area contributed by atoms with Gasteiger partial charge in [-0.25, -0.2) is 4.39 Å². The molecule has 0 aliphatic rings. The summed E-state index contributed by atoms with van der Waals surface area (Å²) in [6.07, 6.45) is 2.01. The van der Waals surface area contributed by atoms with Gasteiger partial charge in [0.05, 0.1) is 0 Å². The fraction of sp³-hybridized carbons (Fsp3) is 0.200. The minimum absolute atomic E-state index is 0.100. The van der Waals surface area contributed by atoms with Gasteiger partial charge < -0.3 is 4.57 Å². The van der Waals surface area contributed by atoms with Crippen LogP contribution in [0.4, 0.5) is 4.39 Å². The summed E-state index contributed by atoms with van der Waals surface area (Å²) in [5.41, 5.74) is 1.66. The van der Waals surface area contributed by atoms with Crippen LogP contribution in [0.25, 0.3) is 5.69 Å². The highest BCUT2D eigenvalue weighted by molar-refractivity contribution is 6.63. The molecule has 2 aromatic rings. The van der Waals surface area contributed by atoms with E-state index in [2.05, 4.69) is 0 Å². The molecule has 0 saturated heterocycles. The summed E-state index contributed by atoms with van der Waals surface area (Å²) in [5.74, 6) is -0.349. The molecule has 0 aliphatic carbocycles. The maximum absolute atomic E-state index is 13.3. The maximum Gasteiger partial charge on any atom is 0.221 e. The lowest BCUT2D eigenvalue weighted by Crippen LogP contribution is -2.14. The molecule has 0 aliphatic heterocycles. The minimum Gasteiger partial charge on any atom is -0.321 e. The second-order valence-corrected chi connectivity index (χ2v) is 4.93. The number of aryl methyl sites for hydroxylation is 2. The molecule has 104 valence electrons. The van der Waals surface area contributed by atoms with Crippen molar-refractivity contribution in [1.82, 2.24) is 4.57 Å². The first-order valence-corrected chi connectivity index (χ1v) is 6.51. The molecule has 0 unspecified atom stereocenters. The van der Waals surface area contributed by atoms with Gasteiger partial charge >= 0.3 is 0 Å². The van der Waals surface area contributed by atoms with Crippen LogP contribution in [-0.2, 0) is 11.2 Å². The molecule has 2 rings (SSSR count). The number of rotatable bonds is 4. The minimum atomic E-state index is -0.484. The fourth-order valence-electron chi connectivity index (χ4n) is 2.00. The number of nitrogens with zero attached hydrogens (tertiary/aromatic N) is 1. The van der Waals surface area contributed by atoms with Crippen LogP contribution in [0.15, 0.2) is 41.3 Å². The van der Waals surface area contributed by atoms with E-state index in [9.17, 15) is 14.0 Å². The van der Waals surface area contributed by atoms with E-state index in [1.807, 2.05) is 0 Å². The Morgan fingerprint density at radius 2 is 2.10 bits per heavy atom. The molecule has 1 aromatic carbocycles. The lowest BCUT2D eigenvalue weighted by atomic mass is 10.1. The number of carbonyl (C=O) groups is 1. The van der Waals surface area contributed by atoms with Gasteiger partial charge in [-0.3, -0.25) is 9.59 Å². The van der Waals surface area contributed by atoms with Gasteiger partial charge in [0, 0.05) is 35.6 Å². The molecule has 5 heteroatoms. The molecule has 0 fully saturated rings. The Hall–Kier alpha value is -1.94. The number of pyridine rings is 1. The fourth-order valence-corrected chi connectivity index (χ4v) is 2.09. The van der Waals surface area contributed by atoms with E-state index in [4.69, 9.17) is 11.6 Å². The van der Waals surface area contributed by atoms with Crippen LogP contribution in [0.3, 0.4) is 0 Å². The highest BCUT2D eigenvalue weighted by Crippen LogP contribution is 2.13. The molecule has 0 N–H and O–H groups in total. The van der Waals surface area contributed by atoms with Crippen molar-refractivity contribution < 1.29 is 9.18 Å². The molecule has 0 radical (unpaired) electrons. The monoisotopic (exact) mass is 293 g/mol. The Morgan fingerprint density at radius 1 is 1.35 bits per heavy atom. The Kier molecular flexibility index (Phi) is 4.35. The molecule has 0 amide bonds. The summed E-state index contributed by atoms with van der Waals surface area (Å²) in [6, 6.07) is 7.56. The van der Waals surface area contributed by atoms with Gasteiger partial charge in [0.15, 0.2) is 5.43 Å². The van der Waals surface area contributed by atoms with E-state index in [0.717, 1.165) is 0 Å². The second-order valence-electron chi connectivity index (χ2n) is 4.51. The third-order valence-corrected chi connectivity index (χ3v) is 3.19. The van der Waals surface area contributed by atoms with Crippen molar-refractivity contribution in [2.24, 2.45) is 0 Å². The average Bonchev–Trinajstić information content (AvgIpc) is 2.37. The summed E-state index contributed by atoms with van der Waals surface area (Å²) in [7, 11) is 0. The first-order chi connectivity index (χ1) is 9.47. The standard InChI is InChI=1S/C15H13ClFNO2/c1-10-7-14(19)11(5-6-15(16)20)9-18(10)13-4-2-3-12(17)8-13/h2-4,7-9H,5-6H2,1H3. The Bertz CT molecular complexity index is 709. The summed E-state index contributed by atoms with van der Waals surface area (Å²) in [5, 5.41) is -0.484. The van der Waals surface area contributed by atoms with E-state index in [0.29, 0.717) is 16.9 Å². The Morgan fingerprint density at radius 3 is 2.75 bits per heavy atom. The van der Waals surface area contributed by atoms with Crippen molar-refractivity contribution in [3.05, 3.63) is 63.8 Å². The number of hydrogen-bond donors (Lipinski definition) is 0. The van der Waals surface area contributed by atoms with E-state index in [1.165, 1.54) is 18.2 Å². The van der Waals surface area contributed by atoms with Gasteiger partial charge in [-0.1, -0.05) is 6.07 Å². The average molecular weight is 294 g/mol. The van der Waals surface area contributed by atoms with Crippen molar-refractivity contribution in [2.75, 3.05) is 0 Å². The molecule has 0 saturated carbocycles. The summed E-state index contributed by atoms with van der Waals surface area (Å²) < 4.78 is 15.0. The predicted molar refractivity (Wildman–Crippen MR) is 75.9 cm³/mol. The zero-order valence-electron chi connectivity index (χ0n) is 10.9. The topological polar surface area (TPSA) is 39.1 Å². The van der Waals surface area contributed by atoms with Gasteiger partial charge in [0.25, 0.3) is 0 Å². The first kappa shape index (κ1) is 14.5. The van der Waals surface area contributed by atoms with Gasteiger partial charge in [-0.15, -0.1) is 0 Å². The number of benzene rings is 1. The molecule has 0 bridgehead atoms. The summed E-state index contributed by atoms with van der Waals surface area (Å²) in [4.78, 5) is 22.7. The predicted octanol–water partition coefficient (Wildman–Crippen LogP) is 2.98. The Labute approximate surface area is 120 Å². The van der Waals surface area contributed by atoms with Gasteiger partial charge in [-0.05, 0) is 43.1 Å². The van der Waals surface area contributed by atoms with Gasteiger partial charge in [0.1, 0.15) is 5.82 Å². The van der Waals surface area contributed by atoms with Crippen LogP contribution < -0.4 is 5.43 Å². The van der Waals surface area contributed by atoms with Crippen LogP contribution in [-0.4, -0.2) is 9.81 Å². The van der Waals surface area contributed by atoms with Crippen molar-refractivity contribution in [3.8, 4) is 5.69 Å². The van der Waals surface area contributed by atoms with Crippen molar-refractivity contribution in [2.45, 2.75) is 19.8 Å². The van der Waals surface area contributed by atoms with Crippen LogP contribution in [0.2, 0.25) is 0 Å². The number of aromatic nitrogens is 1. The van der Waals surface area contributed by atoms with Crippen LogP contribution in [0.5, 0.6) is 0 Å². The molecule has 0 atom stereocenters. The highest BCUT2D eigenvalue weighted by atomic mass is 35.5. The molecule has 20 heavy (non-hydrogen) atoms. The zero-order valence-corrected chi connectivity index (χ0v) is 11.7. The molecular weight excluding hydrogens is 281 g/mol. The summed E-state index contributed by atoms with van der Waals surface area (Å²) >= 11 is 5.29. The number of carbonyl (C=O) groups excluding carboxylic acids is 1. The first-order valence-electron chi connectivity index (χ1n) is 6.14. The third-order valence-electron chi connectivity index (χ3n) is 3.00. The van der Waals surface area contributed by atoms with E-state index < -0.39 is 5.24 Å². The smallest absolute Gasteiger partial charge is 0.221 e. The van der Waals surface area contributed by atoms with Gasteiger partial charge in [0.2, 0.25) is 5.24 Å². The lowest BCUT2D eigenvalue weighted by Gasteiger charge is -2.12. The van der Waals surface area contributed by atoms with Crippen LogP contribution in [0.1, 0.15) is 17.7 Å². The lowest BCUT2D eigenvalue weighted by molar-refractivity contribution is -0.111. The zero-order chi connectivity index (χ0) is 14.7. The van der Waals surface area contributed by atoms with E-state index >= 15 is 0 Å². The molecule has 1 heterocycles. The Balaban J connectivity index is 2.46. The van der Waals surface area contributed by atoms with Crippen molar-refractivity contribution in [1.29, 1.82) is 0 Å². The number of hydrogen-bond acceptors (Lipinski definition) is 2. The molecule has 1 aromatic heterocycles. The SMILES string of the molecule is Cc1cc(=O)c(CCC(=O)Cl)cn1-c1cccc(F)c1. The van der Waals surface area contributed by atoms with Crippen molar-refractivity contribution in [3.63, 3.8) is 0 Å². The van der Waals surface area contributed by atoms with Crippen LogP contribution in [0, 0.1) is 12.7 Å². The highest BCUT2D eigenvalue weighted by Gasteiger charge is 2.08. The quantitative estimate of drug-likeness (QED) is 0.813.